The predicted molar refractivity (Wildman–Crippen MR) is 84.7 cm³/mol. The molecule has 0 aliphatic carbocycles. The topological polar surface area (TPSA) is 106 Å². The molecule has 0 fully saturated rings. The number of aromatic hydroxyl groups is 2. The van der Waals surface area contributed by atoms with Crippen LogP contribution >= 0.6 is 0 Å². The molecule has 1 aromatic carbocycles. The van der Waals surface area contributed by atoms with Crippen molar-refractivity contribution in [2.24, 2.45) is 0 Å². The second-order valence-corrected chi connectivity index (χ2v) is 5.44. The molecule has 0 amide bonds. The number of nitrogens with one attached hydrogen (secondary N) is 2. The predicted octanol–water partition coefficient (Wildman–Crippen LogP) is 2.07. The minimum atomic E-state index is -1.73. The van der Waals surface area contributed by atoms with E-state index in [9.17, 15) is 33.0 Å². The minimum Gasteiger partial charge on any atom is -0.507 e. The Morgan fingerprint density at radius 2 is 1.23 bits per heavy atom. The van der Waals surface area contributed by atoms with Gasteiger partial charge in [0.05, 0.1) is 17.0 Å². The van der Waals surface area contributed by atoms with Crippen molar-refractivity contribution >= 4 is 0 Å². The number of hydrogen-bond donors (Lipinski definition) is 4. The summed E-state index contributed by atoms with van der Waals surface area (Å²) >= 11 is 0. The molecule has 0 radical (unpaired) electrons. The summed E-state index contributed by atoms with van der Waals surface area (Å²) in [5.74, 6) is -7.55. The summed E-state index contributed by atoms with van der Waals surface area (Å²) in [5, 5.41) is 20.2. The number of pyridine rings is 2. The zero-order chi connectivity index (χ0) is 19.0. The molecule has 0 bridgehead atoms. The molecule has 6 nitrogen and oxygen atoms in total. The van der Waals surface area contributed by atoms with Crippen LogP contribution in [0.2, 0.25) is 0 Å². The van der Waals surface area contributed by atoms with Crippen molar-refractivity contribution in [3.8, 4) is 11.5 Å². The smallest absolute Gasteiger partial charge is 0.255 e. The van der Waals surface area contributed by atoms with E-state index >= 15 is 0 Å². The molecule has 2 heterocycles. The first-order valence-electron chi connectivity index (χ1n) is 7.26. The van der Waals surface area contributed by atoms with Crippen molar-refractivity contribution in [2.75, 3.05) is 0 Å². The molecule has 0 saturated heterocycles. The maximum Gasteiger partial charge on any atom is 0.255 e. The van der Waals surface area contributed by atoms with Crippen molar-refractivity contribution in [1.82, 2.24) is 9.97 Å². The Hall–Kier alpha value is -3.49. The van der Waals surface area contributed by atoms with Crippen LogP contribution in [0.5, 0.6) is 11.5 Å². The molecule has 2 aromatic heterocycles. The van der Waals surface area contributed by atoms with Crippen LogP contribution in [0.15, 0.2) is 46.2 Å². The molecule has 0 saturated carbocycles. The maximum absolute atomic E-state index is 13.7. The van der Waals surface area contributed by atoms with Crippen molar-refractivity contribution in [3.63, 3.8) is 0 Å². The van der Waals surface area contributed by atoms with Crippen LogP contribution < -0.4 is 11.1 Å². The first-order valence-corrected chi connectivity index (χ1v) is 7.26. The summed E-state index contributed by atoms with van der Waals surface area (Å²) in [6, 6.07) is 3.35. The Labute approximate surface area is 143 Å². The normalized spacial score (nSPS) is 11.1. The van der Waals surface area contributed by atoms with Gasteiger partial charge in [-0.3, -0.25) is 9.59 Å². The fraction of sp³-hybridized carbons (Fsp3) is 0.0588. The van der Waals surface area contributed by atoms with E-state index in [-0.39, 0.29) is 5.56 Å². The SMILES string of the molecule is O=c1[nH]ccc(O)c1C(c1cc(F)c(F)c(F)c1)c1c(O)cc[nH]c1=O. The fourth-order valence-corrected chi connectivity index (χ4v) is 2.74. The van der Waals surface area contributed by atoms with E-state index in [1.165, 1.54) is 0 Å². The van der Waals surface area contributed by atoms with Gasteiger partial charge < -0.3 is 20.2 Å². The maximum atomic E-state index is 13.7. The van der Waals surface area contributed by atoms with Gasteiger partial charge in [-0.25, -0.2) is 13.2 Å². The standard InChI is InChI=1S/C17H11F3N2O4/c18-8-5-7(6-9(19)15(8)20)12(13-10(23)1-3-21-16(13)25)14-11(24)2-4-22-17(14)26/h1-6,12H,(H2,21,23,25)(H2,22,24,26). The third-order valence-electron chi connectivity index (χ3n) is 3.87. The van der Waals surface area contributed by atoms with Crippen LogP contribution in [0.1, 0.15) is 22.6 Å². The molecule has 4 N–H and O–H groups in total. The lowest BCUT2D eigenvalue weighted by Crippen LogP contribution is -2.24. The average molecular weight is 364 g/mol. The van der Waals surface area contributed by atoms with Gasteiger partial charge in [0.2, 0.25) is 0 Å². The van der Waals surface area contributed by atoms with Crippen molar-refractivity contribution in [1.29, 1.82) is 0 Å². The van der Waals surface area contributed by atoms with Crippen molar-refractivity contribution in [3.05, 3.63) is 91.5 Å². The van der Waals surface area contributed by atoms with Gasteiger partial charge in [-0.15, -0.1) is 0 Å². The lowest BCUT2D eigenvalue weighted by molar-refractivity contribution is 0.441. The Balaban J connectivity index is 2.42. The Kier molecular flexibility index (Phi) is 4.29. The molecule has 134 valence electrons. The van der Waals surface area contributed by atoms with Gasteiger partial charge in [0, 0.05) is 12.4 Å². The molecular formula is C17H11F3N2O4. The number of aromatic amines is 2. The fourth-order valence-electron chi connectivity index (χ4n) is 2.74. The van der Waals surface area contributed by atoms with Crippen LogP contribution in [0.4, 0.5) is 13.2 Å². The molecule has 0 aliphatic heterocycles. The van der Waals surface area contributed by atoms with Gasteiger partial charge >= 0.3 is 0 Å². The molecular weight excluding hydrogens is 353 g/mol. The van der Waals surface area contributed by atoms with E-state index in [0.717, 1.165) is 24.5 Å². The van der Waals surface area contributed by atoms with Crippen LogP contribution in [0, 0.1) is 17.5 Å². The lowest BCUT2D eigenvalue weighted by atomic mass is 9.85. The molecule has 0 spiro atoms. The molecule has 26 heavy (non-hydrogen) atoms. The van der Waals surface area contributed by atoms with Gasteiger partial charge in [0.25, 0.3) is 11.1 Å². The van der Waals surface area contributed by atoms with Gasteiger partial charge in [0.15, 0.2) is 17.5 Å². The van der Waals surface area contributed by atoms with Crippen LogP contribution in [-0.4, -0.2) is 20.2 Å². The molecule has 0 unspecified atom stereocenters. The van der Waals surface area contributed by atoms with Crippen LogP contribution in [0.3, 0.4) is 0 Å². The number of rotatable bonds is 3. The Bertz CT molecular complexity index is 1030. The first-order chi connectivity index (χ1) is 12.3. The second kappa shape index (κ2) is 6.43. The van der Waals surface area contributed by atoms with E-state index in [1.54, 1.807) is 0 Å². The quantitative estimate of drug-likeness (QED) is 0.534. The minimum absolute atomic E-state index is 0.347. The van der Waals surface area contributed by atoms with Crippen LogP contribution in [0.25, 0.3) is 0 Å². The number of hydrogen-bond acceptors (Lipinski definition) is 4. The summed E-state index contributed by atoms with van der Waals surface area (Å²) in [7, 11) is 0. The first kappa shape index (κ1) is 17.3. The molecule has 3 rings (SSSR count). The van der Waals surface area contributed by atoms with E-state index < -0.39 is 57.1 Å². The third-order valence-corrected chi connectivity index (χ3v) is 3.87. The van der Waals surface area contributed by atoms with E-state index in [2.05, 4.69) is 9.97 Å². The largest absolute Gasteiger partial charge is 0.507 e. The summed E-state index contributed by atoms with van der Waals surface area (Å²) in [5.41, 5.74) is -2.94. The van der Waals surface area contributed by atoms with Crippen molar-refractivity contribution in [2.45, 2.75) is 5.92 Å². The van der Waals surface area contributed by atoms with E-state index in [1.807, 2.05) is 0 Å². The van der Waals surface area contributed by atoms with Crippen molar-refractivity contribution < 1.29 is 23.4 Å². The highest BCUT2D eigenvalue weighted by molar-refractivity contribution is 5.50. The zero-order valence-corrected chi connectivity index (χ0v) is 12.9. The molecule has 0 atom stereocenters. The monoisotopic (exact) mass is 364 g/mol. The average Bonchev–Trinajstić information content (AvgIpc) is 2.57. The zero-order valence-electron chi connectivity index (χ0n) is 12.9. The Morgan fingerprint density at radius 1 is 0.808 bits per heavy atom. The van der Waals surface area contributed by atoms with Crippen LogP contribution in [-0.2, 0) is 0 Å². The highest BCUT2D eigenvalue weighted by atomic mass is 19.2. The molecule has 0 aliphatic rings. The van der Waals surface area contributed by atoms with Gasteiger partial charge in [-0.1, -0.05) is 0 Å². The highest BCUT2D eigenvalue weighted by Crippen LogP contribution is 2.37. The number of halogens is 3. The summed E-state index contributed by atoms with van der Waals surface area (Å²) in [6.45, 7) is 0. The summed E-state index contributed by atoms with van der Waals surface area (Å²) < 4.78 is 40.8. The lowest BCUT2D eigenvalue weighted by Gasteiger charge is -2.19. The molecule has 3 aromatic rings. The summed E-state index contributed by atoms with van der Waals surface area (Å²) in [4.78, 5) is 29.0. The van der Waals surface area contributed by atoms with Gasteiger partial charge in [-0.05, 0) is 29.8 Å². The van der Waals surface area contributed by atoms with E-state index in [0.29, 0.717) is 12.1 Å². The second-order valence-electron chi connectivity index (χ2n) is 5.44. The highest BCUT2D eigenvalue weighted by Gasteiger charge is 2.30. The van der Waals surface area contributed by atoms with Gasteiger partial charge in [-0.2, -0.15) is 0 Å². The number of H-pyrrole nitrogens is 2. The number of benzene rings is 1. The van der Waals surface area contributed by atoms with Gasteiger partial charge in [0.1, 0.15) is 11.5 Å². The molecule has 9 heteroatoms. The number of aromatic nitrogens is 2. The Morgan fingerprint density at radius 3 is 1.62 bits per heavy atom. The third kappa shape index (κ3) is 2.83. The van der Waals surface area contributed by atoms with E-state index in [4.69, 9.17) is 0 Å². The summed E-state index contributed by atoms with van der Waals surface area (Å²) in [6.07, 6.45) is 2.25.